The van der Waals surface area contributed by atoms with Crippen LogP contribution in [0, 0.1) is 0 Å². The molecule has 0 saturated carbocycles. The lowest BCUT2D eigenvalue weighted by molar-refractivity contribution is -0.224. The van der Waals surface area contributed by atoms with Crippen molar-refractivity contribution in [3.8, 4) is 0 Å². The van der Waals surface area contributed by atoms with Crippen molar-refractivity contribution in [2.75, 3.05) is 13.2 Å². The molecule has 158 valence electrons. The zero-order valence-corrected chi connectivity index (χ0v) is 17.2. The van der Waals surface area contributed by atoms with Gasteiger partial charge >= 0.3 is 12.1 Å². The van der Waals surface area contributed by atoms with Crippen LogP contribution >= 0.6 is 0 Å². The number of nitrogens with zero attached hydrogens (tertiary/aromatic N) is 2. The Bertz CT molecular complexity index is 1020. The molecule has 1 amide bonds. The lowest BCUT2D eigenvalue weighted by Gasteiger charge is -2.46. The van der Waals surface area contributed by atoms with Crippen molar-refractivity contribution in [2.24, 2.45) is 0 Å². The molecule has 3 atom stereocenters. The van der Waals surface area contributed by atoms with Gasteiger partial charge in [0.2, 0.25) is 11.4 Å². The number of pyridine rings is 1. The summed E-state index contributed by atoms with van der Waals surface area (Å²) in [5, 5.41) is 0.941. The number of ketones is 1. The Morgan fingerprint density at radius 1 is 1.20 bits per heavy atom. The maximum atomic E-state index is 13.2. The fourth-order valence-electron chi connectivity index (χ4n) is 4.18. The Morgan fingerprint density at radius 3 is 2.60 bits per heavy atom. The number of ether oxygens (including phenoxy) is 3. The molecule has 2 aromatic rings. The van der Waals surface area contributed by atoms with Gasteiger partial charge in [0.1, 0.15) is 12.1 Å². The van der Waals surface area contributed by atoms with E-state index in [1.54, 1.807) is 20.8 Å². The summed E-state index contributed by atoms with van der Waals surface area (Å²) in [5.74, 6) is -1.09. The highest BCUT2D eigenvalue weighted by Crippen LogP contribution is 2.46. The van der Waals surface area contributed by atoms with Crippen molar-refractivity contribution in [1.82, 2.24) is 9.88 Å². The summed E-state index contributed by atoms with van der Waals surface area (Å²) in [6.45, 7) is 5.69. The summed E-state index contributed by atoms with van der Waals surface area (Å²) >= 11 is 0. The highest BCUT2D eigenvalue weighted by atomic mass is 16.6. The second-order valence-corrected chi connectivity index (χ2v) is 7.30. The minimum Gasteiger partial charge on any atom is -0.464 e. The maximum Gasteiger partial charge on any atom is 0.410 e. The molecule has 8 heteroatoms. The van der Waals surface area contributed by atoms with Gasteiger partial charge in [-0.05, 0) is 38.0 Å². The van der Waals surface area contributed by atoms with Crippen molar-refractivity contribution in [3.63, 3.8) is 0 Å². The fourth-order valence-corrected chi connectivity index (χ4v) is 4.18. The van der Waals surface area contributed by atoms with E-state index < -0.39 is 35.6 Å². The molecule has 1 aromatic carbocycles. The molecule has 3 heterocycles. The zero-order valence-electron chi connectivity index (χ0n) is 17.2. The number of aromatic nitrogens is 1. The lowest BCUT2D eigenvalue weighted by Crippen LogP contribution is -2.68. The van der Waals surface area contributed by atoms with Crippen LogP contribution < -0.4 is 0 Å². The van der Waals surface area contributed by atoms with E-state index in [1.807, 2.05) is 30.3 Å². The van der Waals surface area contributed by atoms with Crippen LogP contribution in [-0.4, -0.2) is 52.6 Å². The Kier molecular flexibility index (Phi) is 5.19. The smallest absolute Gasteiger partial charge is 0.410 e. The first-order valence-electron chi connectivity index (χ1n) is 10.2. The van der Waals surface area contributed by atoms with Gasteiger partial charge in [0.25, 0.3) is 0 Å². The number of rotatable bonds is 5. The third kappa shape index (κ3) is 2.94. The van der Waals surface area contributed by atoms with Crippen LogP contribution in [0.5, 0.6) is 0 Å². The van der Waals surface area contributed by atoms with Crippen LogP contribution in [0.3, 0.4) is 0 Å². The highest BCUT2D eigenvalue weighted by Gasteiger charge is 2.65. The monoisotopic (exact) mass is 412 g/mol. The molecule has 8 nitrogen and oxygen atoms in total. The number of hydrogen-bond donors (Lipinski definition) is 0. The van der Waals surface area contributed by atoms with E-state index in [9.17, 15) is 14.4 Å². The van der Waals surface area contributed by atoms with Gasteiger partial charge in [0.15, 0.2) is 0 Å². The molecule has 2 aliphatic rings. The molecule has 3 unspecified atom stereocenters. The third-order valence-corrected chi connectivity index (χ3v) is 5.67. The fraction of sp³-hybridized carbons (Fsp3) is 0.455. The maximum absolute atomic E-state index is 13.2. The van der Waals surface area contributed by atoms with E-state index in [1.165, 1.54) is 4.90 Å². The van der Waals surface area contributed by atoms with Crippen LogP contribution in [0.15, 0.2) is 30.3 Å². The quantitative estimate of drug-likeness (QED) is 0.550. The Hall–Kier alpha value is -3.00. The number of fused-ring (bicyclic) bond motifs is 2. The van der Waals surface area contributed by atoms with Crippen LogP contribution in [0.2, 0.25) is 0 Å². The molecule has 2 aliphatic heterocycles. The Labute approximate surface area is 174 Å². The summed E-state index contributed by atoms with van der Waals surface area (Å²) in [4.78, 5) is 44.4. The number of benzene rings is 1. The number of carbonyl (C=O) groups excluding carboxylic acids is 3. The third-order valence-electron chi connectivity index (χ3n) is 5.67. The minimum absolute atomic E-state index is 0.149. The summed E-state index contributed by atoms with van der Waals surface area (Å²) in [6, 6.07) is 8.81. The number of hydrogen-bond acceptors (Lipinski definition) is 7. The first-order valence-corrected chi connectivity index (χ1v) is 10.2. The first-order chi connectivity index (χ1) is 14.5. The molecule has 0 bridgehead atoms. The summed E-state index contributed by atoms with van der Waals surface area (Å²) < 4.78 is 16.2. The van der Waals surface area contributed by atoms with Gasteiger partial charge in [-0.3, -0.25) is 14.7 Å². The Balaban J connectivity index is 1.73. The zero-order chi connectivity index (χ0) is 21.5. The van der Waals surface area contributed by atoms with Gasteiger partial charge in [0.05, 0.1) is 31.0 Å². The van der Waals surface area contributed by atoms with Gasteiger partial charge < -0.3 is 14.2 Å². The van der Waals surface area contributed by atoms with Crippen molar-refractivity contribution in [1.29, 1.82) is 0 Å². The standard InChI is InChI=1S/C22H24N2O6/c1-4-22(20(26)28-5-2)19(25)18(30-22)17-16-14(12-24(17)21(27)29-6-3)11-13-9-7-8-10-15(13)23-16/h7-11,17-18H,4-6,12H2,1-3H3. The van der Waals surface area contributed by atoms with E-state index in [-0.39, 0.29) is 26.2 Å². The molecule has 0 N–H and O–H groups in total. The van der Waals surface area contributed by atoms with E-state index in [0.29, 0.717) is 5.69 Å². The van der Waals surface area contributed by atoms with Gasteiger partial charge in [-0.25, -0.2) is 9.59 Å². The van der Waals surface area contributed by atoms with Crippen LogP contribution in [-0.2, 0) is 30.3 Å². The normalized spacial score (nSPS) is 25.0. The number of carbonyl (C=O) groups is 3. The van der Waals surface area contributed by atoms with Crippen LogP contribution in [0.4, 0.5) is 4.79 Å². The molecule has 0 aliphatic carbocycles. The molecule has 0 spiro atoms. The van der Waals surface area contributed by atoms with Crippen molar-refractivity contribution in [3.05, 3.63) is 41.6 Å². The van der Waals surface area contributed by atoms with E-state index in [4.69, 9.17) is 19.2 Å². The number of esters is 1. The van der Waals surface area contributed by atoms with Crippen LogP contribution in [0.25, 0.3) is 10.9 Å². The molecular weight excluding hydrogens is 388 g/mol. The average molecular weight is 412 g/mol. The van der Waals surface area contributed by atoms with Crippen molar-refractivity contribution in [2.45, 2.75) is 51.5 Å². The number of Topliss-reactive ketones (excluding diaryl/α,β-unsaturated/α-hetero) is 1. The molecule has 30 heavy (non-hydrogen) atoms. The second-order valence-electron chi connectivity index (χ2n) is 7.30. The molecular formula is C22H24N2O6. The lowest BCUT2D eigenvalue weighted by atomic mass is 9.81. The van der Waals surface area contributed by atoms with E-state index in [2.05, 4.69) is 0 Å². The minimum atomic E-state index is -1.62. The van der Waals surface area contributed by atoms with Crippen molar-refractivity contribution < 1.29 is 28.6 Å². The Morgan fingerprint density at radius 2 is 1.93 bits per heavy atom. The van der Waals surface area contributed by atoms with E-state index >= 15 is 0 Å². The second kappa shape index (κ2) is 7.68. The average Bonchev–Trinajstić information content (AvgIpc) is 3.10. The van der Waals surface area contributed by atoms with Crippen LogP contribution in [0.1, 0.15) is 44.5 Å². The van der Waals surface area contributed by atoms with Gasteiger partial charge in [-0.15, -0.1) is 0 Å². The van der Waals surface area contributed by atoms with Gasteiger partial charge in [-0.1, -0.05) is 25.1 Å². The number of para-hydroxylation sites is 1. The SMILES string of the molecule is CCOC(=O)N1Cc2cc3ccccc3nc2C1C1OC(CC)(C(=O)OCC)C1=O. The highest BCUT2D eigenvalue weighted by molar-refractivity contribution is 6.13. The van der Waals surface area contributed by atoms with Gasteiger partial charge in [-0.2, -0.15) is 0 Å². The molecule has 1 aromatic heterocycles. The topological polar surface area (TPSA) is 95.0 Å². The summed E-state index contributed by atoms with van der Waals surface area (Å²) in [5.41, 5.74) is 0.550. The summed E-state index contributed by atoms with van der Waals surface area (Å²) in [7, 11) is 0. The molecule has 1 saturated heterocycles. The predicted molar refractivity (Wildman–Crippen MR) is 107 cm³/mol. The van der Waals surface area contributed by atoms with E-state index in [0.717, 1.165) is 16.5 Å². The van der Waals surface area contributed by atoms with Gasteiger partial charge in [0, 0.05) is 5.39 Å². The molecule has 4 rings (SSSR count). The van der Waals surface area contributed by atoms with Crippen molar-refractivity contribution >= 4 is 28.7 Å². The molecule has 0 radical (unpaired) electrons. The predicted octanol–water partition coefficient (Wildman–Crippen LogP) is 2.93. The molecule has 1 fully saturated rings. The first kappa shape index (κ1) is 20.3. The number of amides is 1. The largest absolute Gasteiger partial charge is 0.464 e. The summed E-state index contributed by atoms with van der Waals surface area (Å²) in [6.07, 6.45) is -1.40.